The molecule has 1 aromatic rings. The zero-order valence-electron chi connectivity index (χ0n) is 12.9. The summed E-state index contributed by atoms with van der Waals surface area (Å²) < 4.78 is 1.20. The molecule has 6 atom stereocenters. The molecule has 114 valence electrons. The molecular weight excluding hydrogens is 322 g/mol. The van der Waals surface area contributed by atoms with E-state index in [-0.39, 0.29) is 0 Å². The minimum absolute atomic E-state index is 0.520. The average molecular weight is 348 g/mol. The summed E-state index contributed by atoms with van der Waals surface area (Å²) in [5.74, 6) is 4.17. The molecule has 0 aliphatic heterocycles. The fourth-order valence-corrected chi connectivity index (χ4v) is 6.11. The van der Waals surface area contributed by atoms with Crippen molar-refractivity contribution in [1.29, 1.82) is 0 Å². The molecule has 2 bridgehead atoms. The van der Waals surface area contributed by atoms with Crippen LogP contribution in [0.5, 0.6) is 0 Å². The zero-order valence-corrected chi connectivity index (χ0v) is 14.5. The number of benzene rings is 1. The Bertz CT molecular complexity index is 514. The molecule has 6 unspecified atom stereocenters. The van der Waals surface area contributed by atoms with Crippen molar-refractivity contribution in [3.8, 4) is 0 Å². The highest BCUT2D eigenvalue weighted by atomic mass is 79.9. The molecule has 21 heavy (non-hydrogen) atoms. The summed E-state index contributed by atoms with van der Waals surface area (Å²) in [7, 11) is 0. The Balaban J connectivity index is 1.48. The van der Waals surface area contributed by atoms with Crippen LogP contribution in [0.2, 0.25) is 0 Å². The van der Waals surface area contributed by atoms with Gasteiger partial charge in [-0.1, -0.05) is 41.4 Å². The third kappa shape index (κ3) is 2.49. The van der Waals surface area contributed by atoms with Gasteiger partial charge in [-0.2, -0.15) is 0 Å². The van der Waals surface area contributed by atoms with Crippen LogP contribution < -0.4 is 5.32 Å². The summed E-state index contributed by atoms with van der Waals surface area (Å²) in [4.78, 5) is 0. The molecule has 0 saturated heterocycles. The Morgan fingerprint density at radius 3 is 2.86 bits per heavy atom. The Morgan fingerprint density at radius 2 is 2.05 bits per heavy atom. The molecule has 3 fully saturated rings. The smallest absolute Gasteiger partial charge is 0.0320 e. The first-order valence-corrected chi connectivity index (χ1v) is 9.57. The second-order valence-corrected chi connectivity index (χ2v) is 8.36. The van der Waals surface area contributed by atoms with Gasteiger partial charge < -0.3 is 5.32 Å². The second kappa shape index (κ2) is 5.70. The molecule has 0 heterocycles. The molecule has 0 aromatic heterocycles. The van der Waals surface area contributed by atoms with Gasteiger partial charge in [0.25, 0.3) is 0 Å². The summed E-state index contributed by atoms with van der Waals surface area (Å²) in [6.45, 7) is 2.31. The van der Waals surface area contributed by atoms with Gasteiger partial charge in [0.2, 0.25) is 0 Å². The van der Waals surface area contributed by atoms with Crippen LogP contribution in [0.1, 0.15) is 57.1 Å². The van der Waals surface area contributed by atoms with Crippen LogP contribution in [0.15, 0.2) is 28.7 Å². The van der Waals surface area contributed by atoms with Crippen molar-refractivity contribution in [2.75, 3.05) is 0 Å². The van der Waals surface area contributed by atoms with E-state index in [1.807, 2.05) is 0 Å². The Morgan fingerprint density at radius 1 is 1.19 bits per heavy atom. The van der Waals surface area contributed by atoms with E-state index >= 15 is 0 Å². The Hall–Kier alpha value is -0.340. The van der Waals surface area contributed by atoms with Crippen LogP contribution in [-0.4, -0.2) is 6.04 Å². The first kappa shape index (κ1) is 14.3. The van der Waals surface area contributed by atoms with Crippen molar-refractivity contribution in [3.05, 3.63) is 34.3 Å². The maximum atomic E-state index is 4.03. The molecular formula is C19H26BrN. The highest BCUT2D eigenvalue weighted by molar-refractivity contribution is 9.10. The quantitative estimate of drug-likeness (QED) is 0.777. The van der Waals surface area contributed by atoms with Crippen LogP contribution in [0.25, 0.3) is 0 Å². The minimum Gasteiger partial charge on any atom is -0.307 e. The van der Waals surface area contributed by atoms with Crippen LogP contribution in [-0.2, 0) is 0 Å². The molecule has 4 rings (SSSR count). The van der Waals surface area contributed by atoms with Crippen LogP contribution >= 0.6 is 15.9 Å². The third-order valence-corrected chi connectivity index (χ3v) is 7.00. The highest BCUT2D eigenvalue weighted by Gasteiger charge is 2.53. The predicted octanol–water partition coefficient (Wildman–Crippen LogP) is 5.31. The van der Waals surface area contributed by atoms with E-state index < -0.39 is 0 Å². The van der Waals surface area contributed by atoms with E-state index in [0.29, 0.717) is 6.04 Å². The van der Waals surface area contributed by atoms with Gasteiger partial charge in [0, 0.05) is 16.6 Å². The van der Waals surface area contributed by atoms with Gasteiger partial charge in [0.1, 0.15) is 0 Å². The molecule has 3 aliphatic carbocycles. The number of hydrogen-bond donors (Lipinski definition) is 1. The summed E-state index contributed by atoms with van der Waals surface area (Å²) in [5.41, 5.74) is 1.44. The van der Waals surface area contributed by atoms with Gasteiger partial charge in [-0.05, 0) is 73.5 Å². The van der Waals surface area contributed by atoms with Crippen molar-refractivity contribution in [3.63, 3.8) is 0 Å². The van der Waals surface area contributed by atoms with Crippen LogP contribution in [0.4, 0.5) is 0 Å². The number of halogens is 1. The lowest BCUT2D eigenvalue weighted by Crippen LogP contribution is -2.41. The van der Waals surface area contributed by atoms with Gasteiger partial charge in [0.15, 0.2) is 0 Å². The first-order valence-electron chi connectivity index (χ1n) is 8.77. The topological polar surface area (TPSA) is 12.0 Å². The molecule has 1 aromatic carbocycles. The van der Waals surface area contributed by atoms with E-state index in [9.17, 15) is 0 Å². The number of nitrogens with one attached hydrogen (secondary N) is 1. The average Bonchev–Trinajstić information content (AvgIpc) is 3.17. The third-order valence-electron chi connectivity index (χ3n) is 6.50. The molecule has 3 saturated carbocycles. The number of hydrogen-bond acceptors (Lipinski definition) is 1. The lowest BCUT2D eigenvalue weighted by molar-refractivity contribution is 0.197. The Kier molecular flexibility index (Phi) is 3.87. The lowest BCUT2D eigenvalue weighted by Gasteiger charge is -2.35. The molecule has 0 radical (unpaired) electrons. The second-order valence-electron chi connectivity index (χ2n) is 7.44. The monoisotopic (exact) mass is 347 g/mol. The standard InChI is InChI=1S/C19H26BrN/c1-2-18(12-5-3-6-14(20)9-12)21-19-11-13-10-17(19)16-8-4-7-15(13)16/h3,5-6,9,13,15-19,21H,2,4,7-8,10-11H2,1H3. The van der Waals surface area contributed by atoms with Gasteiger partial charge in [-0.3, -0.25) is 0 Å². The van der Waals surface area contributed by atoms with Crippen molar-refractivity contribution in [2.45, 2.75) is 57.5 Å². The van der Waals surface area contributed by atoms with E-state index in [2.05, 4.69) is 52.4 Å². The summed E-state index contributed by atoms with van der Waals surface area (Å²) in [6.07, 6.45) is 8.67. The van der Waals surface area contributed by atoms with Gasteiger partial charge in [0.05, 0.1) is 0 Å². The predicted molar refractivity (Wildman–Crippen MR) is 91.1 cm³/mol. The van der Waals surface area contributed by atoms with Crippen LogP contribution in [0, 0.1) is 23.7 Å². The summed E-state index contributed by atoms with van der Waals surface area (Å²) in [6, 6.07) is 10.1. The summed E-state index contributed by atoms with van der Waals surface area (Å²) in [5, 5.41) is 4.03. The first-order chi connectivity index (χ1) is 10.3. The molecule has 0 spiro atoms. The van der Waals surface area contributed by atoms with Crippen molar-refractivity contribution < 1.29 is 0 Å². The normalized spacial score (nSPS) is 38.7. The fourth-order valence-electron chi connectivity index (χ4n) is 5.69. The highest BCUT2D eigenvalue weighted by Crippen LogP contribution is 2.58. The largest absolute Gasteiger partial charge is 0.307 e. The van der Waals surface area contributed by atoms with E-state index in [1.54, 1.807) is 0 Å². The van der Waals surface area contributed by atoms with Gasteiger partial charge in [-0.15, -0.1) is 0 Å². The molecule has 0 amide bonds. The zero-order chi connectivity index (χ0) is 14.4. The van der Waals surface area contributed by atoms with Crippen molar-refractivity contribution in [2.24, 2.45) is 23.7 Å². The maximum Gasteiger partial charge on any atom is 0.0320 e. The van der Waals surface area contributed by atoms with Crippen LogP contribution in [0.3, 0.4) is 0 Å². The van der Waals surface area contributed by atoms with E-state index in [1.165, 1.54) is 48.6 Å². The number of rotatable bonds is 4. The lowest BCUT2D eigenvalue weighted by atomic mass is 9.78. The Labute approximate surface area is 137 Å². The van der Waals surface area contributed by atoms with Gasteiger partial charge in [-0.25, -0.2) is 0 Å². The minimum atomic E-state index is 0.520. The van der Waals surface area contributed by atoms with E-state index in [4.69, 9.17) is 0 Å². The summed E-state index contributed by atoms with van der Waals surface area (Å²) >= 11 is 3.61. The molecule has 1 nitrogen and oxygen atoms in total. The number of fused-ring (bicyclic) bond motifs is 5. The fraction of sp³-hybridized carbons (Fsp3) is 0.684. The van der Waals surface area contributed by atoms with E-state index in [0.717, 1.165) is 29.7 Å². The van der Waals surface area contributed by atoms with Crippen molar-refractivity contribution in [1.82, 2.24) is 5.32 Å². The SMILES string of the molecule is CCC(NC1CC2CC1C1CCCC21)c1cccc(Br)c1. The molecule has 3 aliphatic rings. The molecule has 2 heteroatoms. The molecule has 1 N–H and O–H groups in total. The maximum absolute atomic E-state index is 4.03. The van der Waals surface area contributed by atoms with Crippen molar-refractivity contribution >= 4 is 15.9 Å². The van der Waals surface area contributed by atoms with Gasteiger partial charge >= 0.3 is 0 Å².